The van der Waals surface area contributed by atoms with Crippen LogP contribution in [0, 0.1) is 0 Å². The number of alkyl carbamates (subject to hydrolysis) is 1. The molecule has 7 nitrogen and oxygen atoms in total. The molecule has 1 rings (SSSR count). The first-order valence-electron chi connectivity index (χ1n) is 7.37. The first kappa shape index (κ1) is 20.2. The SMILES string of the molecule is CC(C)(C)OC(=O)NCCC(O)C(O)c1cccc(C(=O)O)c1Cl. The van der Waals surface area contributed by atoms with Gasteiger partial charge in [-0.1, -0.05) is 23.7 Å². The summed E-state index contributed by atoms with van der Waals surface area (Å²) in [5.74, 6) is -1.23. The van der Waals surface area contributed by atoms with Crippen molar-refractivity contribution < 1.29 is 29.6 Å². The molecule has 134 valence electrons. The number of carboxylic acid groups (broad SMARTS) is 1. The number of halogens is 1. The van der Waals surface area contributed by atoms with Crippen LogP contribution in [0.5, 0.6) is 0 Å². The van der Waals surface area contributed by atoms with Gasteiger partial charge in [-0.15, -0.1) is 0 Å². The first-order valence-corrected chi connectivity index (χ1v) is 7.75. The summed E-state index contributed by atoms with van der Waals surface area (Å²) in [6.45, 7) is 5.25. The third-order valence-corrected chi connectivity index (χ3v) is 3.47. The number of carbonyl (C=O) groups is 2. The second-order valence-electron chi connectivity index (χ2n) is 6.24. The number of aliphatic hydroxyl groups excluding tert-OH is 2. The third kappa shape index (κ3) is 5.99. The van der Waals surface area contributed by atoms with Crippen LogP contribution in [0.3, 0.4) is 0 Å². The van der Waals surface area contributed by atoms with E-state index in [4.69, 9.17) is 21.4 Å². The van der Waals surface area contributed by atoms with Crippen molar-refractivity contribution in [2.45, 2.75) is 45.0 Å². The molecule has 1 aromatic rings. The number of hydrogen-bond acceptors (Lipinski definition) is 5. The van der Waals surface area contributed by atoms with E-state index in [0.29, 0.717) is 0 Å². The Kier molecular flexibility index (Phi) is 7.01. The second kappa shape index (κ2) is 8.32. The van der Waals surface area contributed by atoms with Crippen LogP contribution in [0.25, 0.3) is 0 Å². The van der Waals surface area contributed by atoms with Gasteiger partial charge in [0.05, 0.1) is 16.7 Å². The maximum Gasteiger partial charge on any atom is 0.407 e. The molecule has 0 aliphatic carbocycles. The molecule has 0 heterocycles. The molecule has 8 heteroatoms. The van der Waals surface area contributed by atoms with Crippen LogP contribution < -0.4 is 5.32 Å². The summed E-state index contributed by atoms with van der Waals surface area (Å²) in [6, 6.07) is 4.17. The number of carboxylic acids is 1. The van der Waals surface area contributed by atoms with E-state index in [2.05, 4.69) is 5.32 Å². The number of carbonyl (C=O) groups excluding carboxylic acids is 1. The average Bonchev–Trinajstić information content (AvgIpc) is 2.44. The fraction of sp³-hybridized carbons (Fsp3) is 0.500. The minimum atomic E-state index is -1.38. The van der Waals surface area contributed by atoms with Gasteiger partial charge in [0.25, 0.3) is 0 Å². The lowest BCUT2D eigenvalue weighted by molar-refractivity contribution is 0.0123. The number of rotatable bonds is 6. The number of aliphatic hydroxyl groups is 2. The van der Waals surface area contributed by atoms with Gasteiger partial charge in [-0.25, -0.2) is 9.59 Å². The highest BCUT2D eigenvalue weighted by Crippen LogP contribution is 2.29. The minimum Gasteiger partial charge on any atom is -0.478 e. The molecule has 0 aliphatic heterocycles. The lowest BCUT2D eigenvalue weighted by Gasteiger charge is -2.22. The number of amides is 1. The van der Waals surface area contributed by atoms with Crippen molar-refractivity contribution in [3.05, 3.63) is 34.3 Å². The molecule has 0 spiro atoms. The van der Waals surface area contributed by atoms with E-state index in [9.17, 15) is 19.8 Å². The van der Waals surface area contributed by atoms with Gasteiger partial charge in [-0.3, -0.25) is 0 Å². The lowest BCUT2D eigenvalue weighted by atomic mass is 10.00. The van der Waals surface area contributed by atoms with Crippen molar-refractivity contribution in [1.29, 1.82) is 0 Å². The number of ether oxygens (including phenoxy) is 1. The largest absolute Gasteiger partial charge is 0.478 e. The van der Waals surface area contributed by atoms with Crippen molar-refractivity contribution in [1.82, 2.24) is 5.32 Å². The highest BCUT2D eigenvalue weighted by atomic mass is 35.5. The van der Waals surface area contributed by atoms with Crippen LogP contribution in [0.4, 0.5) is 4.79 Å². The quantitative estimate of drug-likeness (QED) is 0.619. The highest BCUT2D eigenvalue weighted by molar-refractivity contribution is 6.34. The van der Waals surface area contributed by atoms with Crippen molar-refractivity contribution in [2.24, 2.45) is 0 Å². The van der Waals surface area contributed by atoms with E-state index in [1.165, 1.54) is 18.2 Å². The van der Waals surface area contributed by atoms with Crippen LogP contribution >= 0.6 is 11.6 Å². The molecule has 2 atom stereocenters. The number of aromatic carboxylic acids is 1. The molecule has 4 N–H and O–H groups in total. The van der Waals surface area contributed by atoms with Gasteiger partial charge in [-0.05, 0) is 33.3 Å². The van der Waals surface area contributed by atoms with Gasteiger partial charge in [0.1, 0.15) is 11.7 Å². The Labute approximate surface area is 145 Å². The van der Waals surface area contributed by atoms with Crippen LogP contribution in [0.2, 0.25) is 5.02 Å². The zero-order valence-electron chi connectivity index (χ0n) is 13.7. The van der Waals surface area contributed by atoms with E-state index < -0.39 is 29.9 Å². The van der Waals surface area contributed by atoms with E-state index in [1.807, 2.05) is 0 Å². The zero-order chi connectivity index (χ0) is 18.5. The predicted octanol–water partition coefficient (Wildman–Crippen LogP) is 2.35. The summed E-state index contributed by atoms with van der Waals surface area (Å²) in [5, 5.41) is 31.5. The van der Waals surface area contributed by atoms with E-state index in [0.717, 1.165) is 0 Å². The fourth-order valence-electron chi connectivity index (χ4n) is 1.94. The molecule has 2 unspecified atom stereocenters. The lowest BCUT2D eigenvalue weighted by Crippen LogP contribution is -2.34. The maximum absolute atomic E-state index is 11.5. The summed E-state index contributed by atoms with van der Waals surface area (Å²) >= 11 is 5.96. The van der Waals surface area contributed by atoms with Crippen LogP contribution in [0.1, 0.15) is 49.2 Å². The Morgan fingerprint density at radius 3 is 2.46 bits per heavy atom. The normalized spacial score (nSPS) is 13.9. The monoisotopic (exact) mass is 359 g/mol. The standard InChI is InChI=1S/C16H22ClNO6/c1-16(2,3)24-15(23)18-8-7-11(19)13(20)9-5-4-6-10(12(9)17)14(21)22/h4-6,11,13,19-20H,7-8H2,1-3H3,(H,18,23)(H,21,22). The van der Waals surface area contributed by atoms with E-state index in [1.54, 1.807) is 20.8 Å². The Balaban J connectivity index is 2.63. The molecule has 0 bridgehead atoms. The van der Waals surface area contributed by atoms with Crippen molar-refractivity contribution in [2.75, 3.05) is 6.54 Å². The molecule has 0 radical (unpaired) electrons. The first-order chi connectivity index (χ1) is 11.0. The van der Waals surface area contributed by atoms with Crippen LogP contribution in [-0.2, 0) is 4.74 Å². The summed E-state index contributed by atoms with van der Waals surface area (Å²) in [4.78, 5) is 22.5. The smallest absolute Gasteiger partial charge is 0.407 e. The van der Waals surface area contributed by atoms with Crippen LogP contribution in [-0.4, -0.2) is 45.6 Å². The Morgan fingerprint density at radius 2 is 1.92 bits per heavy atom. The van der Waals surface area contributed by atoms with E-state index >= 15 is 0 Å². The molecular formula is C16H22ClNO6. The fourth-order valence-corrected chi connectivity index (χ4v) is 2.26. The molecule has 24 heavy (non-hydrogen) atoms. The molecule has 0 saturated heterocycles. The second-order valence-corrected chi connectivity index (χ2v) is 6.62. The molecular weight excluding hydrogens is 338 g/mol. The van der Waals surface area contributed by atoms with Gasteiger partial charge in [0, 0.05) is 12.1 Å². The number of nitrogens with one attached hydrogen (secondary N) is 1. The topological polar surface area (TPSA) is 116 Å². The van der Waals surface area contributed by atoms with Crippen molar-refractivity contribution >= 4 is 23.7 Å². The number of benzene rings is 1. The Hall–Kier alpha value is -1.83. The van der Waals surface area contributed by atoms with Gasteiger partial charge in [0.15, 0.2) is 0 Å². The van der Waals surface area contributed by atoms with Gasteiger partial charge in [-0.2, -0.15) is 0 Å². The molecule has 0 aromatic heterocycles. The zero-order valence-corrected chi connectivity index (χ0v) is 14.5. The van der Waals surface area contributed by atoms with E-state index in [-0.39, 0.29) is 29.1 Å². The van der Waals surface area contributed by atoms with Crippen molar-refractivity contribution in [3.8, 4) is 0 Å². The predicted molar refractivity (Wildman–Crippen MR) is 88.2 cm³/mol. The van der Waals surface area contributed by atoms with Gasteiger partial charge >= 0.3 is 12.1 Å². The molecule has 0 fully saturated rings. The van der Waals surface area contributed by atoms with Gasteiger partial charge < -0.3 is 25.4 Å². The summed E-state index contributed by atoms with van der Waals surface area (Å²) in [6.07, 6.45) is -3.21. The summed E-state index contributed by atoms with van der Waals surface area (Å²) in [5.41, 5.74) is -0.679. The summed E-state index contributed by atoms with van der Waals surface area (Å²) in [7, 11) is 0. The Morgan fingerprint density at radius 1 is 1.29 bits per heavy atom. The van der Waals surface area contributed by atoms with Gasteiger partial charge in [0.2, 0.25) is 0 Å². The average molecular weight is 360 g/mol. The third-order valence-electron chi connectivity index (χ3n) is 3.05. The highest BCUT2D eigenvalue weighted by Gasteiger charge is 2.24. The molecule has 0 saturated carbocycles. The minimum absolute atomic E-state index is 0.0358. The van der Waals surface area contributed by atoms with Crippen molar-refractivity contribution in [3.63, 3.8) is 0 Å². The molecule has 0 aliphatic rings. The summed E-state index contributed by atoms with van der Waals surface area (Å²) < 4.78 is 5.05. The Bertz CT molecular complexity index is 599. The molecule has 1 amide bonds. The number of hydrogen-bond donors (Lipinski definition) is 4. The molecule has 1 aromatic carbocycles. The maximum atomic E-state index is 11.5. The van der Waals surface area contributed by atoms with Crippen LogP contribution in [0.15, 0.2) is 18.2 Å².